The first-order valence-electron chi connectivity index (χ1n) is 6.48. The largest absolute Gasteiger partial charge is 0.341 e. The number of halogens is 2. The third-order valence-corrected chi connectivity index (χ3v) is 4.01. The molecule has 0 bridgehead atoms. The number of benzene rings is 1. The molecule has 0 heterocycles. The molecule has 1 aromatic rings. The monoisotopic (exact) mass is 316 g/mol. The minimum Gasteiger partial charge on any atom is -0.301 e. The molecule has 102 valence electrons. The molecule has 18 heavy (non-hydrogen) atoms. The van der Waals surface area contributed by atoms with Crippen LogP contribution in [-0.2, 0) is 15.7 Å². The minimum absolute atomic E-state index is 0.00836. The van der Waals surface area contributed by atoms with Crippen molar-refractivity contribution in [3.63, 3.8) is 0 Å². The summed E-state index contributed by atoms with van der Waals surface area (Å²) >= 11 is 11.0. The van der Waals surface area contributed by atoms with E-state index in [0.29, 0.717) is 0 Å². The Labute approximate surface area is 120 Å². The Morgan fingerprint density at radius 2 is 1.72 bits per heavy atom. The van der Waals surface area contributed by atoms with E-state index < -0.39 is 19.4 Å². The predicted molar refractivity (Wildman–Crippen MR) is 76.3 cm³/mol. The number of alkyl halides is 2. The summed E-state index contributed by atoms with van der Waals surface area (Å²) in [4.78, 5) is 0. The van der Waals surface area contributed by atoms with Crippen LogP contribution in [0.4, 0.5) is 0 Å². The maximum atomic E-state index is 12.5. The summed E-state index contributed by atoms with van der Waals surface area (Å²) in [6.07, 6.45) is 0. The highest BCUT2D eigenvalue weighted by atomic mass is 35.5. The fraction of sp³-hybridized carbons (Fsp3) is 0.455. The van der Waals surface area contributed by atoms with Gasteiger partial charge in [-0.2, -0.15) is 0 Å². The van der Waals surface area contributed by atoms with Crippen LogP contribution in [0.3, 0.4) is 0 Å². The molecule has 0 radical (unpaired) electrons. The Bertz CT molecular complexity index is 422. The maximum Gasteiger partial charge on any atom is 0.341 e. The Kier molecular flexibility index (Phi) is 6.40. The molecule has 0 aliphatic rings. The van der Waals surface area contributed by atoms with Crippen molar-refractivity contribution in [3.8, 4) is 0 Å². The second-order valence-electron chi connectivity index (χ2n) is 3.34. The van der Waals surface area contributed by atoms with Gasteiger partial charge in [-0.25, -0.2) is 10.2 Å². The number of hydrogen-bond donors (Lipinski definition) is 2. The summed E-state index contributed by atoms with van der Waals surface area (Å²) in [7, 11) is -3.40. The van der Waals surface area contributed by atoms with E-state index in [4.69, 9.17) is 30.5 Å². The number of hydrogen-bond acceptors (Lipinski definition) is 2. The molecule has 0 saturated carbocycles. The van der Waals surface area contributed by atoms with Crippen molar-refractivity contribution in [2.75, 3.05) is 24.8 Å². The summed E-state index contributed by atoms with van der Waals surface area (Å²) in [5.41, 5.74) is 0.859. The molecular weight excluding hydrogens is 296 g/mol. The maximum absolute atomic E-state index is 12.5. The second kappa shape index (κ2) is 8.92. The molecule has 1 rings (SSSR count). The van der Waals surface area contributed by atoms with E-state index in [1.54, 1.807) is 0 Å². The van der Waals surface area contributed by atoms with Gasteiger partial charge < -0.3 is 4.52 Å². The van der Waals surface area contributed by atoms with Crippen LogP contribution < -0.4 is 10.2 Å². The van der Waals surface area contributed by atoms with Crippen molar-refractivity contribution in [1.29, 1.82) is 0 Å². The van der Waals surface area contributed by atoms with Gasteiger partial charge >= 0.3 is 7.67 Å². The first kappa shape index (κ1) is 12.9. The van der Waals surface area contributed by atoms with E-state index >= 15 is 0 Å². The highest BCUT2D eigenvalue weighted by molar-refractivity contribution is 7.54. The molecule has 1 aromatic carbocycles. The van der Waals surface area contributed by atoms with Crippen LogP contribution in [0, 0.1) is 0 Å². The molecule has 0 spiro atoms. The molecule has 0 saturated heterocycles. The molecule has 2 atom stereocenters. The molecule has 0 aliphatic heterocycles. The van der Waals surface area contributed by atoms with Crippen LogP contribution in [0.25, 0.3) is 0 Å². The van der Waals surface area contributed by atoms with E-state index in [-0.39, 0.29) is 19.7 Å². The highest BCUT2D eigenvalue weighted by Crippen LogP contribution is 2.37. The van der Waals surface area contributed by atoms with Gasteiger partial charge in [0.1, 0.15) is 0 Å². The molecule has 7 heteroatoms. The fourth-order valence-corrected chi connectivity index (χ4v) is 2.85. The van der Waals surface area contributed by atoms with E-state index in [1.807, 2.05) is 30.3 Å². The van der Waals surface area contributed by atoms with Gasteiger partial charge in [0.2, 0.25) is 0 Å². The summed E-state index contributed by atoms with van der Waals surface area (Å²) in [5, 5.41) is 5.16. The SMILES string of the molecule is [3H]C(Cl)CN[33P](=O)(NCC([3H])Cl)OCc1ccccc1. The van der Waals surface area contributed by atoms with Crippen molar-refractivity contribution in [2.24, 2.45) is 0 Å². The van der Waals surface area contributed by atoms with E-state index in [2.05, 4.69) is 10.2 Å². The molecule has 0 aromatic heterocycles. The van der Waals surface area contributed by atoms with Gasteiger partial charge in [-0.05, 0) is 5.56 Å². The van der Waals surface area contributed by atoms with Crippen LogP contribution in [0.15, 0.2) is 30.3 Å². The smallest absolute Gasteiger partial charge is 0.301 e. The van der Waals surface area contributed by atoms with Crippen LogP contribution in [-0.4, -0.2) is 24.8 Å². The van der Waals surface area contributed by atoms with Crippen molar-refractivity contribution >= 4 is 30.9 Å². The lowest BCUT2D eigenvalue weighted by molar-refractivity contribution is 0.288. The van der Waals surface area contributed by atoms with Gasteiger partial charge in [-0.3, -0.25) is 4.57 Å². The van der Waals surface area contributed by atoms with E-state index in [0.717, 1.165) is 5.56 Å². The lowest BCUT2D eigenvalue weighted by atomic mass is 10.2. The lowest BCUT2D eigenvalue weighted by Crippen LogP contribution is -2.27. The molecule has 4 nitrogen and oxygen atoms in total. The van der Waals surface area contributed by atoms with Gasteiger partial charge in [0.05, 0.1) is 6.61 Å². The van der Waals surface area contributed by atoms with Crippen molar-refractivity contribution < 1.29 is 11.8 Å². The second-order valence-corrected chi connectivity index (χ2v) is 5.95. The molecular formula is C11H17Cl2N2O2P. The fourth-order valence-electron chi connectivity index (χ4n) is 1.20. The normalized spacial score (nSPS) is 19.4. The lowest BCUT2D eigenvalue weighted by Gasteiger charge is -2.19. The zero-order chi connectivity index (χ0) is 15.0. The van der Waals surface area contributed by atoms with Gasteiger partial charge in [0, 0.05) is 27.5 Å². The molecule has 2 N–H and O–H groups in total. The quantitative estimate of drug-likeness (QED) is 0.543. The van der Waals surface area contributed by atoms with E-state index in [9.17, 15) is 4.57 Å². The van der Waals surface area contributed by atoms with Gasteiger partial charge in [0.15, 0.2) is 0 Å². The Hall–Kier alpha value is -0.0900. The van der Waals surface area contributed by atoms with Crippen LogP contribution in [0.1, 0.15) is 8.30 Å². The van der Waals surface area contributed by atoms with Gasteiger partial charge in [0.25, 0.3) is 0 Å². The number of nitrogens with one attached hydrogen (secondary N) is 2. The summed E-state index contributed by atoms with van der Waals surface area (Å²) < 4.78 is 32.2. The van der Waals surface area contributed by atoms with Crippen LogP contribution in [0.5, 0.6) is 0 Å². The van der Waals surface area contributed by atoms with Crippen LogP contribution in [0.2, 0.25) is 0 Å². The Morgan fingerprint density at radius 1 is 1.17 bits per heavy atom. The first-order valence-corrected chi connectivity index (χ1v) is 7.82. The molecule has 2 unspecified atom stereocenters. The van der Waals surface area contributed by atoms with Gasteiger partial charge in [-0.15, -0.1) is 23.2 Å². The molecule has 0 aliphatic carbocycles. The number of rotatable bonds is 9. The zero-order valence-electron chi connectivity index (χ0n) is 11.7. The summed E-state index contributed by atoms with van der Waals surface area (Å²) in [6.45, 7) is 0.116. The topological polar surface area (TPSA) is 50.4 Å². The third-order valence-electron chi connectivity index (χ3n) is 2.01. The predicted octanol–water partition coefficient (Wildman–Crippen LogP) is 2.97. The minimum atomic E-state index is -3.40. The molecule has 0 amide bonds. The molecule has 0 fully saturated rings. The third kappa shape index (κ3) is 6.19. The summed E-state index contributed by atoms with van der Waals surface area (Å²) in [6, 6.07) is 9.25. The first-order chi connectivity index (χ1) is 9.41. The highest BCUT2D eigenvalue weighted by Gasteiger charge is 2.21. The Morgan fingerprint density at radius 3 is 2.22 bits per heavy atom. The van der Waals surface area contributed by atoms with Crippen molar-refractivity contribution in [2.45, 2.75) is 6.61 Å². The standard InChI is InChI=1S/C11H17Cl2N2O2P/c12-6-8-14-18(16,15-9-7-13)17-10-11-4-2-1-3-5-11/h1-5H,6-10H2,(H2,14,15,16)/i6T,7T,18+2. The average Bonchev–Trinajstić information content (AvgIpc) is 2.42. The Balaban J connectivity index is 2.59. The van der Waals surface area contributed by atoms with Gasteiger partial charge in [-0.1, -0.05) is 30.3 Å². The average molecular weight is 317 g/mol. The van der Waals surface area contributed by atoms with E-state index in [1.165, 1.54) is 0 Å². The summed E-state index contributed by atoms with van der Waals surface area (Å²) in [5.74, 6) is -1.87. The van der Waals surface area contributed by atoms with Crippen molar-refractivity contribution in [3.05, 3.63) is 35.9 Å². The van der Waals surface area contributed by atoms with Crippen LogP contribution >= 0.6 is 30.9 Å². The van der Waals surface area contributed by atoms with Crippen molar-refractivity contribution in [1.82, 2.24) is 10.2 Å². The zero-order valence-corrected chi connectivity index (χ0v) is 12.1.